The van der Waals surface area contributed by atoms with Crippen molar-refractivity contribution < 1.29 is 18.3 Å². The minimum Gasteiger partial charge on any atom is -0.453 e. The third-order valence-electron chi connectivity index (χ3n) is 3.49. The number of nitrogens with zero attached hydrogens (tertiary/aromatic N) is 1. The van der Waals surface area contributed by atoms with Gasteiger partial charge in [-0.15, -0.1) is 0 Å². The molecule has 2 aromatic carbocycles. The van der Waals surface area contributed by atoms with Crippen molar-refractivity contribution >= 4 is 34.8 Å². The van der Waals surface area contributed by atoms with E-state index < -0.39 is 23.4 Å². The van der Waals surface area contributed by atoms with Crippen LogP contribution >= 0.6 is 23.2 Å². The zero-order chi connectivity index (χ0) is 19.6. The van der Waals surface area contributed by atoms with Gasteiger partial charge in [0, 0.05) is 28.9 Å². The van der Waals surface area contributed by atoms with Crippen LogP contribution in [-0.4, -0.2) is 15.9 Å². The third-order valence-corrected chi connectivity index (χ3v) is 4.01. The van der Waals surface area contributed by atoms with Crippen molar-refractivity contribution in [3.63, 3.8) is 0 Å². The fourth-order valence-electron chi connectivity index (χ4n) is 2.26. The van der Waals surface area contributed by atoms with Crippen LogP contribution in [0.3, 0.4) is 0 Å². The van der Waals surface area contributed by atoms with Gasteiger partial charge in [-0.3, -0.25) is 4.79 Å². The number of ether oxygens (including phenoxy) is 1. The van der Waals surface area contributed by atoms with Crippen LogP contribution in [0.2, 0.25) is 10.0 Å². The van der Waals surface area contributed by atoms with Crippen LogP contribution < -0.4 is 15.8 Å². The highest BCUT2D eigenvalue weighted by Crippen LogP contribution is 2.35. The first-order valence-corrected chi connectivity index (χ1v) is 8.28. The lowest BCUT2D eigenvalue weighted by atomic mass is 10.2. The Hall–Kier alpha value is -2.84. The molecule has 0 unspecified atom stereocenters. The van der Waals surface area contributed by atoms with Crippen LogP contribution in [0.1, 0.15) is 16.1 Å². The molecule has 3 aromatic rings. The summed E-state index contributed by atoms with van der Waals surface area (Å²) in [4.78, 5) is 17.6. The highest BCUT2D eigenvalue weighted by molar-refractivity contribution is 6.32. The first-order chi connectivity index (χ1) is 12.8. The Kier molecular flexibility index (Phi) is 5.48. The van der Waals surface area contributed by atoms with Crippen LogP contribution in [0.25, 0.3) is 0 Å². The van der Waals surface area contributed by atoms with Gasteiger partial charge < -0.3 is 20.8 Å². The number of anilines is 1. The Balaban J connectivity index is 1.81. The molecule has 0 fully saturated rings. The molecule has 0 bridgehead atoms. The van der Waals surface area contributed by atoms with E-state index in [1.807, 2.05) is 0 Å². The number of H-pyrrole nitrogens is 1. The molecule has 0 aliphatic rings. The number of nitrogen functional groups attached to an aromatic ring is 1. The summed E-state index contributed by atoms with van der Waals surface area (Å²) in [7, 11) is 0. The maximum Gasteiger partial charge on any atom is 0.274 e. The molecule has 10 heteroatoms. The second-order valence-corrected chi connectivity index (χ2v) is 6.26. The maximum absolute atomic E-state index is 14.8. The van der Waals surface area contributed by atoms with E-state index in [0.29, 0.717) is 10.7 Å². The zero-order valence-electron chi connectivity index (χ0n) is 13.5. The van der Waals surface area contributed by atoms with Crippen molar-refractivity contribution in [2.75, 3.05) is 5.73 Å². The second kappa shape index (κ2) is 7.81. The van der Waals surface area contributed by atoms with Gasteiger partial charge in [0.2, 0.25) is 5.95 Å². The third kappa shape index (κ3) is 4.29. The Morgan fingerprint density at radius 3 is 2.70 bits per heavy atom. The van der Waals surface area contributed by atoms with E-state index in [1.165, 1.54) is 30.3 Å². The number of hydrogen-bond acceptors (Lipinski definition) is 4. The summed E-state index contributed by atoms with van der Waals surface area (Å²) in [6, 6.07) is 7.19. The number of carbonyl (C=O) groups is 1. The average molecular weight is 413 g/mol. The zero-order valence-corrected chi connectivity index (χ0v) is 15.0. The number of aromatic amines is 1. The summed E-state index contributed by atoms with van der Waals surface area (Å²) in [6.07, 6.45) is 1.04. The first-order valence-electron chi connectivity index (χ1n) is 7.53. The van der Waals surface area contributed by atoms with Gasteiger partial charge in [-0.25, -0.2) is 9.37 Å². The van der Waals surface area contributed by atoms with Gasteiger partial charge in [-0.2, -0.15) is 4.39 Å². The summed E-state index contributed by atoms with van der Waals surface area (Å²) in [5.74, 6) is -2.53. The largest absolute Gasteiger partial charge is 0.453 e. The highest BCUT2D eigenvalue weighted by atomic mass is 35.5. The lowest BCUT2D eigenvalue weighted by Crippen LogP contribution is -2.24. The standard InChI is InChI=1S/C17H12Cl2F2N4O2/c18-9-3-10(22)5-11(4-9)27-15-12(19)2-1-8(13(15)20)6-23-17(26)14-16(21)25-7-24-14/h1-5,7H,6,22H2,(H,23,26)(H,24,25). The number of aromatic nitrogens is 2. The van der Waals surface area contributed by atoms with Crippen molar-refractivity contribution in [3.8, 4) is 11.5 Å². The van der Waals surface area contributed by atoms with E-state index in [1.54, 1.807) is 0 Å². The maximum atomic E-state index is 14.8. The van der Waals surface area contributed by atoms with Crippen LogP contribution in [-0.2, 0) is 6.54 Å². The topological polar surface area (TPSA) is 93.0 Å². The molecule has 3 rings (SSSR count). The second-order valence-electron chi connectivity index (χ2n) is 5.42. The van der Waals surface area contributed by atoms with Crippen molar-refractivity contribution in [1.82, 2.24) is 15.3 Å². The Bertz CT molecular complexity index is 990. The van der Waals surface area contributed by atoms with Crippen LogP contribution in [0.5, 0.6) is 11.5 Å². The lowest BCUT2D eigenvalue weighted by Gasteiger charge is -2.13. The SMILES string of the molecule is Nc1cc(Cl)cc(Oc2c(Cl)ccc(CNC(=O)c3nc[nH]c3F)c2F)c1. The Labute approximate surface area is 162 Å². The van der Waals surface area contributed by atoms with Crippen LogP contribution in [0, 0.1) is 11.8 Å². The molecule has 4 N–H and O–H groups in total. The normalized spacial score (nSPS) is 10.7. The van der Waals surface area contributed by atoms with Crippen molar-refractivity contribution in [3.05, 3.63) is 69.7 Å². The van der Waals surface area contributed by atoms with Gasteiger partial charge >= 0.3 is 0 Å². The molecule has 0 spiro atoms. The fourth-order valence-corrected chi connectivity index (χ4v) is 2.68. The molecule has 0 radical (unpaired) electrons. The molecule has 0 saturated carbocycles. The summed E-state index contributed by atoms with van der Waals surface area (Å²) < 4.78 is 33.6. The molecular formula is C17H12Cl2F2N4O2. The van der Waals surface area contributed by atoms with Crippen LogP contribution in [0.4, 0.5) is 14.5 Å². The molecule has 27 heavy (non-hydrogen) atoms. The van der Waals surface area contributed by atoms with E-state index in [9.17, 15) is 13.6 Å². The minimum absolute atomic E-state index is 0.0134. The number of imidazole rings is 1. The number of benzene rings is 2. The summed E-state index contributed by atoms with van der Waals surface area (Å²) >= 11 is 11.9. The van der Waals surface area contributed by atoms with Gasteiger partial charge in [-0.1, -0.05) is 29.3 Å². The molecule has 1 aromatic heterocycles. The van der Waals surface area contributed by atoms with E-state index in [4.69, 9.17) is 33.7 Å². The Morgan fingerprint density at radius 2 is 2.04 bits per heavy atom. The van der Waals surface area contributed by atoms with E-state index in [-0.39, 0.29) is 28.6 Å². The number of halogens is 4. The quantitative estimate of drug-likeness (QED) is 0.544. The molecule has 0 aliphatic carbocycles. The highest BCUT2D eigenvalue weighted by Gasteiger charge is 2.18. The first kappa shape index (κ1) is 18.9. The number of carbonyl (C=O) groups excluding carboxylic acids is 1. The summed E-state index contributed by atoms with van der Waals surface area (Å²) in [6.45, 7) is -0.234. The van der Waals surface area contributed by atoms with E-state index >= 15 is 0 Å². The van der Waals surface area contributed by atoms with Gasteiger partial charge in [-0.05, 0) is 18.2 Å². The predicted octanol–water partition coefficient (Wildman–Crippen LogP) is 4.30. The number of amides is 1. The summed E-state index contributed by atoms with van der Waals surface area (Å²) in [5, 5.41) is 2.70. The van der Waals surface area contributed by atoms with Crippen molar-refractivity contribution in [2.45, 2.75) is 6.54 Å². The summed E-state index contributed by atoms with van der Waals surface area (Å²) in [5.41, 5.74) is 5.67. The molecule has 1 amide bonds. The van der Waals surface area contributed by atoms with Gasteiger partial charge in [0.15, 0.2) is 17.3 Å². The fraction of sp³-hybridized carbons (Fsp3) is 0.0588. The molecule has 140 valence electrons. The molecule has 0 aliphatic heterocycles. The predicted molar refractivity (Wildman–Crippen MR) is 97.1 cm³/mol. The van der Waals surface area contributed by atoms with Crippen molar-refractivity contribution in [2.24, 2.45) is 0 Å². The molecule has 0 saturated heterocycles. The monoisotopic (exact) mass is 412 g/mol. The number of hydrogen-bond donors (Lipinski definition) is 3. The van der Waals surface area contributed by atoms with E-state index in [2.05, 4.69) is 15.3 Å². The van der Waals surface area contributed by atoms with Gasteiger partial charge in [0.1, 0.15) is 5.75 Å². The minimum atomic E-state index is -0.883. The molecule has 1 heterocycles. The Morgan fingerprint density at radius 1 is 1.26 bits per heavy atom. The van der Waals surface area contributed by atoms with Crippen LogP contribution in [0.15, 0.2) is 36.7 Å². The number of nitrogens with one attached hydrogen (secondary N) is 2. The van der Waals surface area contributed by atoms with Crippen molar-refractivity contribution in [1.29, 1.82) is 0 Å². The number of rotatable bonds is 5. The smallest absolute Gasteiger partial charge is 0.274 e. The van der Waals surface area contributed by atoms with Gasteiger partial charge in [0.05, 0.1) is 11.3 Å². The van der Waals surface area contributed by atoms with E-state index in [0.717, 1.165) is 6.33 Å². The lowest BCUT2D eigenvalue weighted by molar-refractivity contribution is 0.0941. The number of nitrogens with two attached hydrogens (primary N) is 1. The molecule has 0 atom stereocenters. The average Bonchev–Trinajstić information content (AvgIpc) is 3.03. The van der Waals surface area contributed by atoms with Gasteiger partial charge in [0.25, 0.3) is 5.91 Å². The molecular weight excluding hydrogens is 401 g/mol. The molecule has 6 nitrogen and oxygen atoms in total.